The fourth-order valence-electron chi connectivity index (χ4n) is 5.20. The standard InChI is InChI=1S/C26H17NO15S4/c28-25-17-6-5-16-18-11-15(44(32,33)34)4-7-20(18)42-24-21(45(35,36)37)12-19(22(17)23(16)24)26(29)27(25)13-2-1-3-14(10-13)43(30,31)9-8-41-46(38,39)40/h1-7,10-12H,8-9H2,(H,32,33,34)(H,35,36,37)(H,38,39,40). The first-order valence-corrected chi connectivity index (χ1v) is 18.4. The van der Waals surface area contributed by atoms with Crippen LogP contribution in [0.4, 0.5) is 0 Å². The van der Waals surface area contributed by atoms with Gasteiger partial charge in [-0.15, -0.1) is 0 Å². The van der Waals surface area contributed by atoms with E-state index in [4.69, 9.17) is 8.97 Å². The fourth-order valence-corrected chi connectivity index (χ4v) is 7.88. The van der Waals surface area contributed by atoms with E-state index < -0.39 is 89.6 Å². The number of aromatic nitrogens is 1. The molecule has 0 unspecified atom stereocenters. The van der Waals surface area contributed by atoms with Crippen molar-refractivity contribution >= 4 is 84.0 Å². The molecule has 0 radical (unpaired) electrons. The van der Waals surface area contributed by atoms with Gasteiger partial charge in [0.1, 0.15) is 10.5 Å². The second-order valence-electron chi connectivity index (χ2n) is 9.88. The van der Waals surface area contributed by atoms with Crippen LogP contribution >= 0.6 is 0 Å². The maximum Gasteiger partial charge on any atom is 0.397 e. The number of rotatable bonds is 8. The molecule has 0 amide bonds. The summed E-state index contributed by atoms with van der Waals surface area (Å²) in [5, 5.41) is -0.702. The highest BCUT2D eigenvalue weighted by Gasteiger charge is 2.27. The van der Waals surface area contributed by atoms with Gasteiger partial charge in [0.25, 0.3) is 31.4 Å². The molecule has 46 heavy (non-hydrogen) atoms. The van der Waals surface area contributed by atoms with Gasteiger partial charge in [-0.2, -0.15) is 25.3 Å². The van der Waals surface area contributed by atoms with Gasteiger partial charge in [-0.1, -0.05) is 12.1 Å². The minimum atomic E-state index is -5.11. The Bertz CT molecular complexity index is 2860. The number of hydrogen-bond acceptors (Lipinski definition) is 12. The van der Waals surface area contributed by atoms with Gasteiger partial charge in [0.15, 0.2) is 15.4 Å². The molecule has 0 aliphatic rings. The average molecular weight is 712 g/mol. The van der Waals surface area contributed by atoms with Crippen molar-refractivity contribution in [2.75, 3.05) is 12.4 Å². The normalized spacial score (nSPS) is 13.4. The summed E-state index contributed by atoms with van der Waals surface area (Å²) >= 11 is 0. The van der Waals surface area contributed by atoms with Crippen molar-refractivity contribution in [3.63, 3.8) is 0 Å². The quantitative estimate of drug-likeness (QED) is 0.116. The van der Waals surface area contributed by atoms with Crippen LogP contribution in [-0.2, 0) is 44.7 Å². The van der Waals surface area contributed by atoms with Gasteiger partial charge in [-0.3, -0.25) is 23.2 Å². The molecule has 2 aromatic heterocycles. The third kappa shape index (κ3) is 5.33. The number of fused-ring (bicyclic) bond motifs is 2. The van der Waals surface area contributed by atoms with Gasteiger partial charge in [0, 0.05) is 21.5 Å². The predicted octanol–water partition coefficient (Wildman–Crippen LogP) is 1.93. The molecule has 6 aromatic rings. The molecule has 16 nitrogen and oxygen atoms in total. The highest BCUT2D eigenvalue weighted by molar-refractivity contribution is 7.91. The van der Waals surface area contributed by atoms with Crippen LogP contribution in [0.1, 0.15) is 0 Å². The molecule has 0 saturated heterocycles. The summed E-state index contributed by atoms with van der Waals surface area (Å²) < 4.78 is 135. The Morgan fingerprint density at radius 1 is 0.674 bits per heavy atom. The van der Waals surface area contributed by atoms with Crippen LogP contribution in [0, 0.1) is 0 Å². The molecule has 20 heteroatoms. The molecular weight excluding hydrogens is 695 g/mol. The number of sulfone groups is 1. The third-order valence-electron chi connectivity index (χ3n) is 7.12. The van der Waals surface area contributed by atoms with E-state index in [1.165, 1.54) is 24.3 Å². The SMILES string of the molecule is O=c1c2ccc3c4cc(S(=O)(=O)O)ccc4oc4c(S(=O)(=O)O)cc(c(=O)n1-c1cccc(S(=O)(=O)CCOS(=O)(=O)O)c1)c2c43. The summed E-state index contributed by atoms with van der Waals surface area (Å²) in [7, 11) is -19.0. The van der Waals surface area contributed by atoms with Crippen LogP contribution in [0.2, 0.25) is 0 Å². The highest BCUT2D eigenvalue weighted by atomic mass is 32.3. The number of pyridine rings is 1. The largest absolute Gasteiger partial charge is 0.455 e. The Kier molecular flexibility index (Phi) is 7.14. The molecule has 0 aliphatic carbocycles. The molecule has 3 N–H and O–H groups in total. The zero-order valence-electron chi connectivity index (χ0n) is 22.5. The number of hydrogen-bond donors (Lipinski definition) is 3. The third-order valence-corrected chi connectivity index (χ3v) is 11.0. The molecular formula is C26H17NO15S4. The van der Waals surface area contributed by atoms with Crippen molar-refractivity contribution in [1.82, 2.24) is 4.57 Å². The summed E-state index contributed by atoms with van der Waals surface area (Å²) in [6.07, 6.45) is 0. The molecule has 0 bridgehead atoms. The van der Waals surface area contributed by atoms with E-state index >= 15 is 0 Å². The second kappa shape index (κ2) is 10.4. The molecule has 2 heterocycles. The van der Waals surface area contributed by atoms with Gasteiger partial charge in [0.2, 0.25) is 0 Å². The lowest BCUT2D eigenvalue weighted by atomic mass is 9.96. The van der Waals surface area contributed by atoms with Gasteiger partial charge in [0.05, 0.1) is 33.2 Å². The van der Waals surface area contributed by atoms with Crippen molar-refractivity contribution in [3.05, 3.63) is 81.4 Å². The summed E-state index contributed by atoms with van der Waals surface area (Å²) in [6.45, 7) is -0.942. The smallest absolute Gasteiger partial charge is 0.397 e. The minimum absolute atomic E-state index is 0.0471. The van der Waals surface area contributed by atoms with Crippen molar-refractivity contribution in [2.45, 2.75) is 14.7 Å². The van der Waals surface area contributed by atoms with Gasteiger partial charge in [-0.25, -0.2) is 17.2 Å². The van der Waals surface area contributed by atoms with Crippen molar-refractivity contribution in [2.24, 2.45) is 0 Å². The highest BCUT2D eigenvalue weighted by Crippen LogP contribution is 2.40. The zero-order chi connectivity index (χ0) is 33.6. The topological polar surface area (TPSA) is 259 Å². The van der Waals surface area contributed by atoms with Crippen LogP contribution in [0.5, 0.6) is 0 Å². The van der Waals surface area contributed by atoms with Crippen LogP contribution < -0.4 is 11.1 Å². The van der Waals surface area contributed by atoms with E-state index in [-0.39, 0.29) is 38.2 Å². The lowest BCUT2D eigenvalue weighted by Crippen LogP contribution is -2.32. The maximum absolute atomic E-state index is 13.9. The van der Waals surface area contributed by atoms with E-state index in [2.05, 4.69) is 4.18 Å². The van der Waals surface area contributed by atoms with Gasteiger partial charge in [-0.05, 0) is 53.9 Å². The van der Waals surface area contributed by atoms with Gasteiger partial charge >= 0.3 is 10.4 Å². The molecule has 240 valence electrons. The first-order valence-electron chi connectivity index (χ1n) is 12.5. The summed E-state index contributed by atoms with van der Waals surface area (Å²) in [5.74, 6) is -0.912. The maximum atomic E-state index is 13.9. The fraction of sp³-hybridized carbons (Fsp3) is 0.0769. The summed E-state index contributed by atoms with van der Waals surface area (Å²) in [6, 6.07) is 11.0. The van der Waals surface area contributed by atoms with Crippen LogP contribution in [0.15, 0.2) is 89.4 Å². The second-order valence-corrected chi connectivity index (χ2v) is 15.9. The van der Waals surface area contributed by atoms with E-state index in [0.717, 1.165) is 36.4 Å². The molecule has 4 aromatic carbocycles. The van der Waals surface area contributed by atoms with Crippen LogP contribution in [-0.4, -0.2) is 64.3 Å². The first-order chi connectivity index (χ1) is 21.3. The predicted molar refractivity (Wildman–Crippen MR) is 161 cm³/mol. The number of benzene rings is 4. The summed E-state index contributed by atoms with van der Waals surface area (Å²) in [4.78, 5) is 25.9. The number of nitrogens with zero attached hydrogens (tertiary/aromatic N) is 1. The van der Waals surface area contributed by atoms with E-state index in [1.807, 2.05) is 0 Å². The molecule has 0 fully saturated rings. The van der Waals surface area contributed by atoms with Crippen molar-refractivity contribution < 1.29 is 55.9 Å². The van der Waals surface area contributed by atoms with Crippen molar-refractivity contribution in [3.8, 4) is 5.69 Å². The van der Waals surface area contributed by atoms with E-state index in [1.54, 1.807) is 0 Å². The molecule has 0 aliphatic heterocycles. The first kappa shape index (κ1) is 31.7. The van der Waals surface area contributed by atoms with Crippen LogP contribution in [0.25, 0.3) is 49.2 Å². The molecule has 0 saturated carbocycles. The van der Waals surface area contributed by atoms with E-state index in [9.17, 15) is 52.4 Å². The lowest BCUT2D eigenvalue weighted by molar-refractivity contribution is 0.284. The monoisotopic (exact) mass is 711 g/mol. The molecule has 0 atom stereocenters. The summed E-state index contributed by atoms with van der Waals surface area (Å²) in [5.41, 5.74) is -2.91. The lowest BCUT2D eigenvalue weighted by Gasteiger charge is -2.16. The molecule has 0 spiro atoms. The Morgan fingerprint density at radius 3 is 2.00 bits per heavy atom. The van der Waals surface area contributed by atoms with E-state index in [0.29, 0.717) is 4.57 Å². The Morgan fingerprint density at radius 2 is 1.35 bits per heavy atom. The Hall–Kier alpha value is -4.28. The Labute approximate surface area is 257 Å². The molecule has 6 rings (SSSR count). The zero-order valence-corrected chi connectivity index (χ0v) is 25.8. The Balaban J connectivity index is 1.68. The minimum Gasteiger partial charge on any atom is -0.455 e. The average Bonchev–Trinajstić information content (AvgIpc) is 2.95. The van der Waals surface area contributed by atoms with Gasteiger partial charge < -0.3 is 4.42 Å². The van der Waals surface area contributed by atoms with Crippen molar-refractivity contribution in [1.29, 1.82) is 0 Å². The van der Waals surface area contributed by atoms with Crippen LogP contribution in [0.3, 0.4) is 0 Å².